The van der Waals surface area contributed by atoms with Gasteiger partial charge in [0.25, 0.3) is 0 Å². The van der Waals surface area contributed by atoms with Crippen LogP contribution in [0.5, 0.6) is 0 Å². The van der Waals surface area contributed by atoms with Gasteiger partial charge in [-0.2, -0.15) is 4.31 Å². The van der Waals surface area contributed by atoms with Crippen molar-refractivity contribution in [1.29, 1.82) is 0 Å². The monoisotopic (exact) mass is 423 g/mol. The molecule has 11 heteroatoms. The predicted octanol–water partition coefficient (Wildman–Crippen LogP) is 0.501. The first-order valence-electron chi connectivity index (χ1n) is 8.14. The highest BCUT2D eigenvalue weighted by Gasteiger charge is 2.36. The normalized spacial score (nSPS) is 21.6. The van der Waals surface area contributed by atoms with E-state index in [9.17, 15) is 21.6 Å². The third-order valence-corrected chi connectivity index (χ3v) is 8.17. The number of anilines is 1. The number of likely N-dealkylation sites (N-methyl/N-ethyl adjacent to an activating group) is 1. The van der Waals surface area contributed by atoms with Crippen LogP contribution >= 0.6 is 12.4 Å². The summed E-state index contributed by atoms with van der Waals surface area (Å²) in [5.74, 6) is -0.709. The highest BCUT2D eigenvalue weighted by Crippen LogP contribution is 2.27. The summed E-state index contributed by atoms with van der Waals surface area (Å²) < 4.78 is 51.5. The number of amides is 1. The fraction of sp³-hybridized carbons (Fsp3) is 0.533. The SMILES string of the molecule is CCN1CCN(S(=O)(=O)c2ccc(N3C(=O)CCS3(=O)=O)cc2)CC1.Cl. The first-order valence-corrected chi connectivity index (χ1v) is 11.2. The van der Waals surface area contributed by atoms with E-state index in [-0.39, 0.29) is 35.2 Å². The molecule has 0 saturated carbocycles. The number of nitrogens with zero attached hydrogens (tertiary/aromatic N) is 3. The van der Waals surface area contributed by atoms with Crippen molar-refractivity contribution in [2.75, 3.05) is 42.8 Å². The lowest BCUT2D eigenvalue weighted by Gasteiger charge is -2.33. The maximum Gasteiger partial charge on any atom is 0.243 e. The van der Waals surface area contributed by atoms with Gasteiger partial charge in [0, 0.05) is 32.6 Å². The number of hydrogen-bond acceptors (Lipinski definition) is 6. The zero-order chi connectivity index (χ0) is 18.2. The molecule has 1 amide bonds. The van der Waals surface area contributed by atoms with E-state index in [1.807, 2.05) is 6.92 Å². The van der Waals surface area contributed by atoms with Crippen molar-refractivity contribution >= 4 is 44.0 Å². The molecule has 0 bridgehead atoms. The summed E-state index contributed by atoms with van der Waals surface area (Å²) in [5, 5.41) is 0. The van der Waals surface area contributed by atoms with Gasteiger partial charge in [0.2, 0.25) is 26.0 Å². The predicted molar refractivity (Wildman–Crippen MR) is 100 cm³/mol. The number of piperazine rings is 1. The Morgan fingerprint density at radius 1 is 1.04 bits per heavy atom. The van der Waals surface area contributed by atoms with Crippen LogP contribution in [-0.2, 0) is 24.8 Å². The number of rotatable bonds is 4. The van der Waals surface area contributed by atoms with Crippen LogP contribution in [0.3, 0.4) is 0 Å². The topological polar surface area (TPSA) is 95.1 Å². The summed E-state index contributed by atoms with van der Waals surface area (Å²) in [6, 6.07) is 5.46. The summed E-state index contributed by atoms with van der Waals surface area (Å²) in [4.78, 5) is 14.1. The van der Waals surface area contributed by atoms with Crippen molar-refractivity contribution in [1.82, 2.24) is 9.21 Å². The number of carbonyl (C=O) groups excluding carboxylic acids is 1. The van der Waals surface area contributed by atoms with Crippen LogP contribution in [-0.4, -0.2) is 70.4 Å². The Hall–Kier alpha value is -1.20. The molecule has 8 nitrogen and oxygen atoms in total. The largest absolute Gasteiger partial charge is 0.301 e. The van der Waals surface area contributed by atoms with Gasteiger partial charge >= 0.3 is 0 Å². The summed E-state index contributed by atoms with van der Waals surface area (Å²) >= 11 is 0. The number of sulfonamides is 2. The van der Waals surface area contributed by atoms with Gasteiger partial charge in [0.1, 0.15) is 0 Å². The lowest BCUT2D eigenvalue weighted by Crippen LogP contribution is -2.48. The quantitative estimate of drug-likeness (QED) is 0.699. The first kappa shape index (κ1) is 21.1. The standard InChI is InChI=1S/C15H21N3O5S2.ClH/c1-2-16-8-10-17(11-9-16)25(22,23)14-5-3-13(4-6-14)18-15(19)7-12-24(18,20)21;/h3-6H,2,7-12H2,1H3;1H. The van der Waals surface area contributed by atoms with Crippen LogP contribution in [0, 0.1) is 0 Å². The maximum absolute atomic E-state index is 12.7. The average molecular weight is 424 g/mol. The fourth-order valence-corrected chi connectivity index (χ4v) is 5.94. The molecule has 1 aromatic rings. The van der Waals surface area contributed by atoms with Crippen molar-refractivity contribution in [3.8, 4) is 0 Å². The van der Waals surface area contributed by atoms with Crippen molar-refractivity contribution in [3.63, 3.8) is 0 Å². The van der Waals surface area contributed by atoms with Gasteiger partial charge in [0.15, 0.2) is 0 Å². The molecule has 1 aromatic carbocycles. The van der Waals surface area contributed by atoms with Crippen molar-refractivity contribution < 1.29 is 21.6 Å². The van der Waals surface area contributed by atoms with Gasteiger partial charge in [0.05, 0.1) is 16.3 Å². The van der Waals surface area contributed by atoms with E-state index in [0.29, 0.717) is 26.2 Å². The minimum absolute atomic E-state index is 0. The van der Waals surface area contributed by atoms with Crippen LogP contribution in [0.4, 0.5) is 5.69 Å². The molecule has 0 N–H and O–H groups in total. The van der Waals surface area contributed by atoms with Gasteiger partial charge in [-0.1, -0.05) is 6.92 Å². The molecule has 3 rings (SSSR count). The van der Waals surface area contributed by atoms with Gasteiger partial charge in [-0.15, -0.1) is 12.4 Å². The Kier molecular flexibility index (Phi) is 6.34. The van der Waals surface area contributed by atoms with Crippen LogP contribution in [0.15, 0.2) is 29.2 Å². The lowest BCUT2D eigenvalue weighted by atomic mass is 10.3. The lowest BCUT2D eigenvalue weighted by molar-refractivity contribution is -0.116. The van der Waals surface area contributed by atoms with Crippen molar-refractivity contribution in [2.24, 2.45) is 0 Å². The van der Waals surface area contributed by atoms with E-state index >= 15 is 0 Å². The molecule has 0 spiro atoms. The van der Waals surface area contributed by atoms with E-state index < -0.39 is 26.0 Å². The molecule has 26 heavy (non-hydrogen) atoms. The minimum atomic E-state index is -3.65. The number of carbonyl (C=O) groups is 1. The van der Waals surface area contributed by atoms with E-state index in [0.717, 1.165) is 10.8 Å². The van der Waals surface area contributed by atoms with E-state index in [2.05, 4.69) is 4.90 Å². The summed E-state index contributed by atoms with van der Waals surface area (Å²) in [6.45, 7) is 5.16. The van der Waals surface area contributed by atoms with Gasteiger partial charge in [-0.05, 0) is 30.8 Å². The highest BCUT2D eigenvalue weighted by atomic mass is 35.5. The van der Waals surface area contributed by atoms with E-state index in [1.54, 1.807) is 0 Å². The summed E-state index contributed by atoms with van der Waals surface area (Å²) in [7, 11) is -7.27. The molecule has 2 aliphatic rings. The Morgan fingerprint density at radius 2 is 1.62 bits per heavy atom. The molecule has 0 aromatic heterocycles. The van der Waals surface area contributed by atoms with Crippen LogP contribution in [0.25, 0.3) is 0 Å². The van der Waals surface area contributed by atoms with Crippen LogP contribution < -0.4 is 4.31 Å². The summed E-state index contributed by atoms with van der Waals surface area (Å²) in [5.41, 5.74) is 0.178. The third-order valence-electron chi connectivity index (χ3n) is 4.57. The number of benzene rings is 1. The van der Waals surface area contributed by atoms with Gasteiger partial charge in [-0.25, -0.2) is 21.1 Å². The molecular formula is C15H22ClN3O5S2. The molecular weight excluding hydrogens is 402 g/mol. The Bertz CT molecular complexity index is 863. The maximum atomic E-state index is 12.7. The molecule has 2 fully saturated rings. The van der Waals surface area contributed by atoms with Gasteiger partial charge in [-0.3, -0.25) is 4.79 Å². The highest BCUT2D eigenvalue weighted by molar-refractivity contribution is 7.94. The molecule has 0 unspecified atom stereocenters. The van der Waals surface area contributed by atoms with Crippen LogP contribution in [0.2, 0.25) is 0 Å². The Labute approximate surface area is 160 Å². The fourth-order valence-electron chi connectivity index (χ4n) is 3.06. The van der Waals surface area contributed by atoms with Gasteiger partial charge < -0.3 is 4.90 Å². The minimum Gasteiger partial charge on any atom is -0.301 e. The third kappa shape index (κ3) is 3.89. The van der Waals surface area contributed by atoms with Crippen molar-refractivity contribution in [3.05, 3.63) is 24.3 Å². The number of hydrogen-bond donors (Lipinski definition) is 0. The molecule has 2 heterocycles. The first-order chi connectivity index (χ1) is 11.8. The zero-order valence-electron chi connectivity index (χ0n) is 14.4. The van der Waals surface area contributed by atoms with E-state index in [1.165, 1.54) is 28.6 Å². The molecule has 0 aliphatic carbocycles. The molecule has 0 atom stereocenters. The van der Waals surface area contributed by atoms with Crippen molar-refractivity contribution in [2.45, 2.75) is 18.2 Å². The second-order valence-corrected chi connectivity index (χ2v) is 9.93. The molecule has 146 valence electrons. The molecule has 0 radical (unpaired) electrons. The molecule has 2 aliphatic heterocycles. The molecule has 2 saturated heterocycles. The Morgan fingerprint density at radius 3 is 2.08 bits per heavy atom. The zero-order valence-corrected chi connectivity index (χ0v) is 16.8. The summed E-state index contributed by atoms with van der Waals surface area (Å²) in [6.07, 6.45) is -0.0515. The Balaban J connectivity index is 0.00000243. The van der Waals surface area contributed by atoms with E-state index in [4.69, 9.17) is 0 Å². The van der Waals surface area contributed by atoms with Crippen LogP contribution in [0.1, 0.15) is 13.3 Å². The second kappa shape index (κ2) is 7.81. The smallest absolute Gasteiger partial charge is 0.243 e. The number of halogens is 1. The second-order valence-electron chi connectivity index (χ2n) is 6.06. The average Bonchev–Trinajstić information content (AvgIpc) is 2.88.